The summed E-state index contributed by atoms with van der Waals surface area (Å²) in [6.07, 6.45) is 17.6. The van der Waals surface area contributed by atoms with Crippen molar-refractivity contribution in [2.45, 2.75) is 181 Å². The van der Waals surface area contributed by atoms with Crippen LogP contribution < -0.4 is 0 Å². The van der Waals surface area contributed by atoms with Crippen LogP contribution in [0.4, 0.5) is 0 Å². The van der Waals surface area contributed by atoms with Crippen LogP contribution in [0, 0.1) is 35.5 Å². The number of hydrogen-bond acceptors (Lipinski definition) is 0. The van der Waals surface area contributed by atoms with Crippen molar-refractivity contribution >= 4 is 0 Å². The fourth-order valence-corrected chi connectivity index (χ4v) is 5.63. The molecule has 2 rings (SSSR count). The molecular formula is C33H76. The first-order valence-corrected chi connectivity index (χ1v) is 15.5. The quantitative estimate of drug-likeness (QED) is 0.349. The van der Waals surface area contributed by atoms with Gasteiger partial charge >= 0.3 is 0 Å². The summed E-state index contributed by atoms with van der Waals surface area (Å²) in [4.78, 5) is 0. The van der Waals surface area contributed by atoms with Crippen LogP contribution in [0.25, 0.3) is 0 Å². The Bertz CT molecular complexity index is 294. The van der Waals surface area contributed by atoms with Crippen LogP contribution >= 0.6 is 0 Å². The fourth-order valence-electron chi connectivity index (χ4n) is 5.63. The van der Waals surface area contributed by atoms with Crippen molar-refractivity contribution in [3.8, 4) is 0 Å². The molecule has 0 N–H and O–H groups in total. The lowest BCUT2D eigenvalue weighted by Crippen LogP contribution is -2.22. The highest BCUT2D eigenvalue weighted by molar-refractivity contribution is 4.76. The van der Waals surface area contributed by atoms with Gasteiger partial charge in [0.05, 0.1) is 0 Å². The van der Waals surface area contributed by atoms with Gasteiger partial charge in [0, 0.05) is 0 Å². The Hall–Kier alpha value is 0. The van der Waals surface area contributed by atoms with Gasteiger partial charge in [-0.15, -0.1) is 0 Å². The molecule has 208 valence electrons. The van der Waals surface area contributed by atoms with Gasteiger partial charge in [0.25, 0.3) is 0 Å². The van der Waals surface area contributed by atoms with Gasteiger partial charge in [-0.25, -0.2) is 0 Å². The van der Waals surface area contributed by atoms with Crippen LogP contribution in [0.2, 0.25) is 0 Å². The summed E-state index contributed by atoms with van der Waals surface area (Å²) in [5.41, 5.74) is 0. The molecule has 2 fully saturated rings. The van der Waals surface area contributed by atoms with Crippen molar-refractivity contribution in [3.05, 3.63) is 0 Å². The van der Waals surface area contributed by atoms with E-state index < -0.39 is 0 Å². The van der Waals surface area contributed by atoms with Crippen LogP contribution in [0.3, 0.4) is 0 Å². The Kier molecular flexibility index (Phi) is 44.6. The highest BCUT2D eigenvalue weighted by Gasteiger charge is 2.25. The van der Waals surface area contributed by atoms with Crippen molar-refractivity contribution in [3.63, 3.8) is 0 Å². The molecule has 2 aliphatic rings. The van der Waals surface area contributed by atoms with Crippen molar-refractivity contribution in [1.29, 1.82) is 0 Å². The van der Waals surface area contributed by atoms with Gasteiger partial charge in [0.1, 0.15) is 0 Å². The predicted molar refractivity (Wildman–Crippen MR) is 163 cm³/mol. The van der Waals surface area contributed by atoms with Gasteiger partial charge < -0.3 is 0 Å². The molecule has 6 atom stereocenters. The molecule has 0 nitrogen and oxygen atoms in total. The second-order valence-corrected chi connectivity index (χ2v) is 9.53. The summed E-state index contributed by atoms with van der Waals surface area (Å²) >= 11 is 0. The average molecular weight is 473 g/mol. The maximum absolute atomic E-state index is 2.45. The van der Waals surface area contributed by atoms with E-state index in [4.69, 9.17) is 0 Å². The van der Waals surface area contributed by atoms with Gasteiger partial charge in [-0.05, 0) is 61.2 Å². The van der Waals surface area contributed by atoms with Gasteiger partial charge in [0.15, 0.2) is 0 Å². The molecule has 0 bridgehead atoms. The molecular weight excluding hydrogens is 396 g/mol. The van der Waals surface area contributed by atoms with Crippen LogP contribution in [0.5, 0.6) is 0 Å². The summed E-state index contributed by atoms with van der Waals surface area (Å²) in [6.45, 7) is 30.3. The SMILES string of the molecule is C.CC.CC.CC.CC.CCCC1CCC(C)CC(C)C1.CCCC1CCC(CC)C(C)C1. The Morgan fingerprint density at radius 3 is 1.33 bits per heavy atom. The van der Waals surface area contributed by atoms with Gasteiger partial charge in [-0.2, -0.15) is 0 Å². The standard InChI is InChI=1S/2C12H24.4C2H6.CH4/c1-4-5-12-7-6-10(2)8-11(3)9-12;1-4-6-11-7-8-12(5-2)10(3)9-11;4*1-2;/h2*10-12H,4-9H2,1-3H3;4*1-2H3;1H4. The van der Waals surface area contributed by atoms with Crippen LogP contribution in [0.15, 0.2) is 0 Å². The second-order valence-electron chi connectivity index (χ2n) is 9.53. The molecule has 0 saturated heterocycles. The smallest absolute Gasteiger partial charge is 0.0391 e. The highest BCUT2D eigenvalue weighted by Crippen LogP contribution is 2.37. The van der Waals surface area contributed by atoms with E-state index in [1.165, 1.54) is 77.0 Å². The molecule has 2 aliphatic carbocycles. The van der Waals surface area contributed by atoms with Crippen LogP contribution in [-0.2, 0) is 0 Å². The molecule has 0 radical (unpaired) electrons. The van der Waals surface area contributed by atoms with E-state index in [0.717, 1.165) is 35.5 Å². The second kappa shape index (κ2) is 34.2. The molecule has 0 heteroatoms. The molecule has 2 saturated carbocycles. The first-order valence-electron chi connectivity index (χ1n) is 15.5. The summed E-state index contributed by atoms with van der Waals surface area (Å²) in [5.74, 6) is 6.13. The van der Waals surface area contributed by atoms with Crippen LogP contribution in [0.1, 0.15) is 181 Å². The summed E-state index contributed by atoms with van der Waals surface area (Å²) in [6, 6.07) is 0. The topological polar surface area (TPSA) is 0 Å². The molecule has 0 aromatic rings. The fraction of sp³-hybridized carbons (Fsp3) is 1.00. The Morgan fingerprint density at radius 2 is 0.939 bits per heavy atom. The summed E-state index contributed by atoms with van der Waals surface area (Å²) < 4.78 is 0. The average Bonchev–Trinajstić information content (AvgIpc) is 2.99. The van der Waals surface area contributed by atoms with E-state index >= 15 is 0 Å². The minimum Gasteiger partial charge on any atom is -0.0776 e. The van der Waals surface area contributed by atoms with Gasteiger partial charge in [-0.1, -0.05) is 156 Å². The first-order chi connectivity index (χ1) is 15.5. The van der Waals surface area contributed by atoms with Crippen molar-refractivity contribution in [1.82, 2.24) is 0 Å². The zero-order valence-electron chi connectivity index (χ0n) is 25.9. The maximum atomic E-state index is 2.45. The van der Waals surface area contributed by atoms with E-state index in [9.17, 15) is 0 Å². The minimum absolute atomic E-state index is 0. The van der Waals surface area contributed by atoms with E-state index in [-0.39, 0.29) is 7.43 Å². The predicted octanol–water partition coefficient (Wildman–Crippen LogP) is 13.2. The highest BCUT2D eigenvalue weighted by atomic mass is 14.3. The Labute approximate surface area is 216 Å². The molecule has 0 aromatic carbocycles. The molecule has 0 aromatic heterocycles. The first kappa shape index (κ1) is 43.1. The Balaban J connectivity index is -0.000000119. The normalized spacial score (nSPS) is 27.8. The van der Waals surface area contributed by atoms with Gasteiger partial charge in [0.2, 0.25) is 0 Å². The largest absolute Gasteiger partial charge is 0.0776 e. The monoisotopic (exact) mass is 473 g/mol. The lowest BCUT2D eigenvalue weighted by molar-refractivity contribution is 0.181. The van der Waals surface area contributed by atoms with E-state index in [1.807, 2.05) is 55.4 Å². The number of rotatable bonds is 5. The lowest BCUT2D eigenvalue weighted by atomic mass is 9.73. The molecule has 0 aliphatic heterocycles. The molecule has 6 unspecified atom stereocenters. The van der Waals surface area contributed by atoms with E-state index in [0.29, 0.717) is 0 Å². The Morgan fingerprint density at radius 1 is 0.515 bits per heavy atom. The molecule has 0 heterocycles. The zero-order valence-corrected chi connectivity index (χ0v) is 25.9. The zero-order chi connectivity index (χ0) is 25.9. The van der Waals surface area contributed by atoms with Crippen LogP contribution in [-0.4, -0.2) is 0 Å². The van der Waals surface area contributed by atoms with Gasteiger partial charge in [-0.3, -0.25) is 0 Å². The number of hydrogen-bond donors (Lipinski definition) is 0. The minimum atomic E-state index is 0. The maximum Gasteiger partial charge on any atom is -0.0391 e. The third-order valence-corrected chi connectivity index (χ3v) is 6.98. The third kappa shape index (κ3) is 24.9. The van der Waals surface area contributed by atoms with E-state index in [1.54, 1.807) is 0 Å². The lowest BCUT2D eigenvalue weighted by Gasteiger charge is -2.33. The summed E-state index contributed by atoms with van der Waals surface area (Å²) in [5, 5.41) is 0. The van der Waals surface area contributed by atoms with Crippen molar-refractivity contribution in [2.75, 3.05) is 0 Å². The third-order valence-electron chi connectivity index (χ3n) is 6.98. The molecule has 0 spiro atoms. The molecule has 33 heavy (non-hydrogen) atoms. The van der Waals surface area contributed by atoms with Crippen molar-refractivity contribution in [2.24, 2.45) is 35.5 Å². The van der Waals surface area contributed by atoms with E-state index in [2.05, 4.69) is 41.5 Å². The summed E-state index contributed by atoms with van der Waals surface area (Å²) in [7, 11) is 0. The van der Waals surface area contributed by atoms with Crippen molar-refractivity contribution < 1.29 is 0 Å². The molecule has 0 amide bonds.